The van der Waals surface area contributed by atoms with Gasteiger partial charge in [0.05, 0.1) is 0 Å². The van der Waals surface area contributed by atoms with Gasteiger partial charge in [-0.3, -0.25) is 4.90 Å². The Hall–Kier alpha value is 0.0600. The van der Waals surface area contributed by atoms with Crippen LogP contribution in [0, 0.1) is 0 Å². The van der Waals surface area contributed by atoms with Gasteiger partial charge < -0.3 is 10.2 Å². The van der Waals surface area contributed by atoms with Crippen LogP contribution in [0.15, 0.2) is 15.9 Å². The molecule has 1 aromatic rings. The highest BCUT2D eigenvalue weighted by Gasteiger charge is 2.29. The van der Waals surface area contributed by atoms with Gasteiger partial charge in [0.1, 0.15) is 0 Å². The summed E-state index contributed by atoms with van der Waals surface area (Å²) in [5.74, 6) is 0. The number of halogens is 1. The Morgan fingerprint density at radius 3 is 2.55 bits per heavy atom. The van der Waals surface area contributed by atoms with Gasteiger partial charge in [-0.05, 0) is 49.8 Å². The van der Waals surface area contributed by atoms with Gasteiger partial charge in [0.15, 0.2) is 0 Å². The summed E-state index contributed by atoms with van der Waals surface area (Å²) in [6, 6.07) is 2.63. The number of rotatable bonds is 5. The molecule has 5 heteroatoms. The van der Waals surface area contributed by atoms with Crippen LogP contribution < -0.4 is 5.32 Å². The van der Waals surface area contributed by atoms with Crippen LogP contribution >= 0.6 is 27.3 Å². The second-order valence-corrected chi connectivity index (χ2v) is 8.23. The summed E-state index contributed by atoms with van der Waals surface area (Å²) >= 11 is 5.34. The van der Waals surface area contributed by atoms with E-state index in [1.807, 2.05) is 11.3 Å². The molecule has 0 aliphatic carbocycles. The average molecular weight is 360 g/mol. The van der Waals surface area contributed by atoms with Crippen LogP contribution in [0.25, 0.3) is 0 Å². The van der Waals surface area contributed by atoms with Crippen molar-refractivity contribution in [1.29, 1.82) is 0 Å². The maximum atomic E-state index is 3.70. The molecule has 20 heavy (non-hydrogen) atoms. The molecule has 1 N–H and O–H groups in total. The Bertz CT molecular complexity index is 425. The molecule has 0 spiro atoms. The van der Waals surface area contributed by atoms with Crippen molar-refractivity contribution in [2.24, 2.45) is 0 Å². The first kappa shape index (κ1) is 16.4. The molecule has 1 aliphatic rings. The zero-order valence-electron chi connectivity index (χ0n) is 12.9. The first-order valence-corrected chi connectivity index (χ1v) is 8.97. The van der Waals surface area contributed by atoms with Gasteiger partial charge in [0, 0.05) is 59.0 Å². The molecule has 0 amide bonds. The van der Waals surface area contributed by atoms with E-state index in [0.29, 0.717) is 6.04 Å². The fourth-order valence-corrected chi connectivity index (χ4v) is 4.06. The van der Waals surface area contributed by atoms with Gasteiger partial charge in [-0.2, -0.15) is 0 Å². The third kappa shape index (κ3) is 4.28. The van der Waals surface area contributed by atoms with Crippen molar-refractivity contribution < 1.29 is 0 Å². The minimum Gasteiger partial charge on any atom is -0.308 e. The van der Waals surface area contributed by atoms with Crippen LogP contribution in [-0.2, 0) is 0 Å². The molecule has 2 rings (SSSR count). The zero-order chi connectivity index (χ0) is 14.8. The minimum atomic E-state index is 0.212. The normalized spacial score (nSPS) is 20.2. The van der Waals surface area contributed by atoms with E-state index in [2.05, 4.69) is 70.3 Å². The van der Waals surface area contributed by atoms with Crippen molar-refractivity contribution in [2.75, 3.05) is 39.8 Å². The summed E-state index contributed by atoms with van der Waals surface area (Å²) in [5, 5.41) is 5.85. The summed E-state index contributed by atoms with van der Waals surface area (Å²) in [6.07, 6.45) is 0. The molecule has 0 saturated carbocycles. The molecule has 1 atom stereocenters. The maximum absolute atomic E-state index is 3.70. The molecule has 1 unspecified atom stereocenters. The Morgan fingerprint density at radius 1 is 1.35 bits per heavy atom. The van der Waals surface area contributed by atoms with Crippen LogP contribution in [0.5, 0.6) is 0 Å². The van der Waals surface area contributed by atoms with Gasteiger partial charge in [-0.1, -0.05) is 0 Å². The Balaban J connectivity index is 1.85. The SMILES string of the molecule is CC(NCC(C)(C)N1CCN(C)CC1)c1cc(Br)cs1. The highest BCUT2D eigenvalue weighted by molar-refractivity contribution is 9.10. The quantitative estimate of drug-likeness (QED) is 0.870. The Kier molecular flexibility index (Phi) is 5.65. The summed E-state index contributed by atoms with van der Waals surface area (Å²) in [6.45, 7) is 12.7. The van der Waals surface area contributed by atoms with Crippen LogP contribution in [0.2, 0.25) is 0 Å². The Morgan fingerprint density at radius 2 is 2.00 bits per heavy atom. The summed E-state index contributed by atoms with van der Waals surface area (Å²) in [5.41, 5.74) is 0.212. The number of piperazine rings is 1. The molecular weight excluding hydrogens is 334 g/mol. The third-order valence-electron chi connectivity index (χ3n) is 4.21. The van der Waals surface area contributed by atoms with Crippen LogP contribution in [-0.4, -0.2) is 55.1 Å². The van der Waals surface area contributed by atoms with E-state index < -0.39 is 0 Å². The average Bonchev–Trinajstić information content (AvgIpc) is 2.83. The highest BCUT2D eigenvalue weighted by atomic mass is 79.9. The van der Waals surface area contributed by atoms with Crippen molar-refractivity contribution in [3.8, 4) is 0 Å². The standard InChI is InChI=1S/C15H26BrN3S/c1-12(14-9-13(16)10-20-14)17-11-15(2,3)19-7-5-18(4)6-8-19/h9-10,12,17H,5-8,11H2,1-4H3. The summed E-state index contributed by atoms with van der Waals surface area (Å²) in [4.78, 5) is 6.41. The van der Waals surface area contributed by atoms with E-state index in [1.54, 1.807) is 0 Å². The molecule has 1 fully saturated rings. The lowest BCUT2D eigenvalue weighted by Gasteiger charge is -2.43. The van der Waals surface area contributed by atoms with Gasteiger partial charge in [0.2, 0.25) is 0 Å². The zero-order valence-corrected chi connectivity index (χ0v) is 15.4. The van der Waals surface area contributed by atoms with Crippen molar-refractivity contribution in [2.45, 2.75) is 32.4 Å². The molecule has 1 saturated heterocycles. The van der Waals surface area contributed by atoms with E-state index in [9.17, 15) is 0 Å². The van der Waals surface area contributed by atoms with Crippen molar-refractivity contribution in [1.82, 2.24) is 15.1 Å². The van der Waals surface area contributed by atoms with E-state index in [1.165, 1.54) is 35.5 Å². The number of nitrogens with zero attached hydrogens (tertiary/aromatic N) is 2. The van der Waals surface area contributed by atoms with E-state index in [0.717, 1.165) is 6.54 Å². The fourth-order valence-electron chi connectivity index (χ4n) is 2.58. The molecule has 0 aromatic carbocycles. The second kappa shape index (κ2) is 6.88. The summed E-state index contributed by atoms with van der Waals surface area (Å²) in [7, 11) is 2.21. The van der Waals surface area contributed by atoms with Gasteiger partial charge in [0.25, 0.3) is 0 Å². The van der Waals surface area contributed by atoms with Gasteiger partial charge in [-0.25, -0.2) is 0 Å². The number of thiophene rings is 1. The first-order chi connectivity index (χ1) is 9.38. The predicted molar refractivity (Wildman–Crippen MR) is 91.6 cm³/mol. The number of nitrogens with one attached hydrogen (secondary N) is 1. The van der Waals surface area contributed by atoms with E-state index in [4.69, 9.17) is 0 Å². The van der Waals surface area contributed by atoms with Crippen molar-refractivity contribution in [3.05, 3.63) is 20.8 Å². The number of likely N-dealkylation sites (N-methyl/N-ethyl adjacent to an activating group) is 1. The smallest absolute Gasteiger partial charge is 0.0387 e. The lowest BCUT2D eigenvalue weighted by molar-refractivity contribution is 0.0605. The third-order valence-corrected chi connectivity index (χ3v) is 6.09. The molecule has 2 heterocycles. The van der Waals surface area contributed by atoms with Crippen molar-refractivity contribution in [3.63, 3.8) is 0 Å². The van der Waals surface area contributed by atoms with E-state index >= 15 is 0 Å². The van der Waals surface area contributed by atoms with E-state index in [-0.39, 0.29) is 5.54 Å². The lowest BCUT2D eigenvalue weighted by atomic mass is 10.0. The van der Waals surface area contributed by atoms with Crippen LogP contribution in [0.3, 0.4) is 0 Å². The number of hydrogen-bond donors (Lipinski definition) is 1. The largest absolute Gasteiger partial charge is 0.308 e. The molecule has 1 aromatic heterocycles. The highest BCUT2D eigenvalue weighted by Crippen LogP contribution is 2.26. The monoisotopic (exact) mass is 359 g/mol. The van der Waals surface area contributed by atoms with Crippen LogP contribution in [0.1, 0.15) is 31.7 Å². The van der Waals surface area contributed by atoms with Crippen molar-refractivity contribution >= 4 is 27.3 Å². The topological polar surface area (TPSA) is 18.5 Å². The second-order valence-electron chi connectivity index (χ2n) is 6.37. The fraction of sp³-hybridized carbons (Fsp3) is 0.733. The molecular formula is C15H26BrN3S. The number of hydrogen-bond acceptors (Lipinski definition) is 4. The van der Waals surface area contributed by atoms with Gasteiger partial charge >= 0.3 is 0 Å². The lowest BCUT2D eigenvalue weighted by Crippen LogP contribution is -2.57. The first-order valence-electron chi connectivity index (χ1n) is 7.29. The molecule has 114 valence electrons. The molecule has 1 aliphatic heterocycles. The molecule has 3 nitrogen and oxygen atoms in total. The predicted octanol–water partition coefficient (Wildman–Crippen LogP) is 3.19. The summed E-state index contributed by atoms with van der Waals surface area (Å²) < 4.78 is 1.18. The maximum Gasteiger partial charge on any atom is 0.0387 e. The molecule has 0 radical (unpaired) electrons. The van der Waals surface area contributed by atoms with Crippen LogP contribution in [0.4, 0.5) is 0 Å². The Labute approximate surface area is 135 Å². The molecule has 0 bridgehead atoms. The minimum absolute atomic E-state index is 0.212. The van der Waals surface area contributed by atoms with Gasteiger partial charge in [-0.15, -0.1) is 11.3 Å².